The molecule has 0 saturated carbocycles. The van der Waals surface area contributed by atoms with Gasteiger partial charge in [-0.3, -0.25) is 19.8 Å². The van der Waals surface area contributed by atoms with Gasteiger partial charge in [0.05, 0.1) is 47.0 Å². The summed E-state index contributed by atoms with van der Waals surface area (Å²) < 4.78 is 47.5. The van der Waals surface area contributed by atoms with Crippen molar-refractivity contribution in [2.24, 2.45) is 11.3 Å². The van der Waals surface area contributed by atoms with Crippen molar-refractivity contribution in [1.29, 1.82) is 0 Å². The molecule has 67 heavy (non-hydrogen) atoms. The van der Waals surface area contributed by atoms with Crippen LogP contribution in [0.25, 0.3) is 16.6 Å². The van der Waals surface area contributed by atoms with E-state index in [9.17, 15) is 28.1 Å². The zero-order valence-electron chi connectivity index (χ0n) is 37.4. The summed E-state index contributed by atoms with van der Waals surface area (Å²) in [6.45, 7) is 10.6. The maximum Gasteiger partial charge on any atom is 0.317 e. The van der Waals surface area contributed by atoms with Crippen molar-refractivity contribution in [1.82, 2.24) is 29.8 Å². The summed E-state index contributed by atoms with van der Waals surface area (Å²) in [5.41, 5.74) is 5.36. The van der Waals surface area contributed by atoms with Crippen LogP contribution in [-0.4, -0.2) is 117 Å². The molecule has 3 aromatic carbocycles. The largest absolute Gasteiger partial charge is 0.493 e. The molecule has 5 aromatic rings. The lowest BCUT2D eigenvalue weighted by Gasteiger charge is -2.39. The number of hydrogen-bond acceptors (Lipinski definition) is 12. The van der Waals surface area contributed by atoms with Gasteiger partial charge in [0.15, 0.2) is 0 Å². The number of allylic oxidation sites excluding steroid dienone is 1. The molecule has 1 aliphatic carbocycles. The highest BCUT2D eigenvalue weighted by Crippen LogP contribution is 2.44. The first-order valence-corrected chi connectivity index (χ1v) is 24.4. The Hall–Kier alpha value is -6.21. The van der Waals surface area contributed by atoms with E-state index in [0.717, 1.165) is 61.1 Å². The first-order chi connectivity index (χ1) is 32.2. The molecular weight excluding hydrogens is 900 g/mol. The molecule has 1 atom stereocenters. The number of urea groups is 1. The van der Waals surface area contributed by atoms with Gasteiger partial charge in [0.1, 0.15) is 22.9 Å². The number of amides is 3. The molecule has 3 aliphatic heterocycles. The van der Waals surface area contributed by atoms with Crippen molar-refractivity contribution >= 4 is 61.5 Å². The monoisotopic (exact) mass is 952 g/mol. The maximum absolute atomic E-state index is 14.1. The van der Waals surface area contributed by atoms with Crippen LogP contribution in [0.15, 0.2) is 89.6 Å². The molecule has 3 N–H and O–H groups in total. The molecule has 2 fully saturated rings. The highest BCUT2D eigenvalue weighted by molar-refractivity contribution is 7.90. The normalized spacial score (nSPS) is 18.8. The van der Waals surface area contributed by atoms with Crippen LogP contribution in [0, 0.1) is 21.4 Å². The van der Waals surface area contributed by atoms with Crippen molar-refractivity contribution in [2.75, 3.05) is 77.1 Å². The van der Waals surface area contributed by atoms with Gasteiger partial charge in [-0.15, -0.1) is 0 Å². The van der Waals surface area contributed by atoms with Crippen LogP contribution in [0.4, 0.5) is 16.2 Å². The van der Waals surface area contributed by atoms with Crippen molar-refractivity contribution in [3.05, 3.63) is 117 Å². The Balaban J connectivity index is 0.919. The van der Waals surface area contributed by atoms with Crippen molar-refractivity contribution in [2.45, 2.75) is 44.4 Å². The zero-order chi connectivity index (χ0) is 46.9. The molecule has 5 heterocycles. The van der Waals surface area contributed by atoms with Crippen molar-refractivity contribution in [3.63, 3.8) is 0 Å². The molecule has 0 spiro atoms. The Bertz CT molecular complexity index is 2840. The third kappa shape index (κ3) is 10.5. The fourth-order valence-corrected chi connectivity index (χ4v) is 10.4. The lowest BCUT2D eigenvalue weighted by Crippen LogP contribution is -2.48. The first-order valence-electron chi connectivity index (χ1n) is 22.5. The quantitative estimate of drug-likeness (QED) is 0.0827. The van der Waals surface area contributed by atoms with Crippen LogP contribution in [0.1, 0.15) is 54.6 Å². The van der Waals surface area contributed by atoms with Crippen LogP contribution in [0.2, 0.25) is 5.02 Å². The van der Waals surface area contributed by atoms with Gasteiger partial charge in [0.25, 0.3) is 21.6 Å². The molecule has 19 heteroatoms. The average Bonchev–Trinajstić information content (AvgIpc) is 3.79. The van der Waals surface area contributed by atoms with E-state index in [1.165, 1.54) is 35.0 Å². The van der Waals surface area contributed by atoms with Gasteiger partial charge < -0.3 is 34.3 Å². The molecule has 0 bridgehead atoms. The zero-order valence-corrected chi connectivity index (χ0v) is 39.0. The number of nitrogens with zero attached hydrogens (tertiary/aromatic N) is 5. The van der Waals surface area contributed by atoms with Crippen molar-refractivity contribution in [3.8, 4) is 17.2 Å². The number of halogens is 1. The number of carbonyl (C=O) groups is 2. The summed E-state index contributed by atoms with van der Waals surface area (Å²) >= 11 is 6.25. The number of carbonyl (C=O) groups excluding carboxylic acids is 2. The summed E-state index contributed by atoms with van der Waals surface area (Å²) in [4.78, 5) is 51.7. The summed E-state index contributed by atoms with van der Waals surface area (Å²) in [6, 6.07) is 18.6. The minimum Gasteiger partial charge on any atom is -0.493 e. The molecule has 4 aliphatic rings. The van der Waals surface area contributed by atoms with Gasteiger partial charge in [-0.05, 0) is 78.6 Å². The van der Waals surface area contributed by atoms with Crippen LogP contribution >= 0.6 is 11.6 Å². The van der Waals surface area contributed by atoms with Gasteiger partial charge in [0.2, 0.25) is 0 Å². The summed E-state index contributed by atoms with van der Waals surface area (Å²) in [5, 5.41) is 16.7. The van der Waals surface area contributed by atoms with E-state index in [1.54, 1.807) is 29.3 Å². The van der Waals surface area contributed by atoms with Gasteiger partial charge in [0, 0.05) is 98.8 Å². The molecule has 3 amide bonds. The summed E-state index contributed by atoms with van der Waals surface area (Å²) in [5.74, 6) is -0.871. The van der Waals surface area contributed by atoms with Crippen LogP contribution in [0.5, 0.6) is 17.2 Å². The lowest BCUT2D eigenvalue weighted by molar-refractivity contribution is -0.386. The van der Waals surface area contributed by atoms with E-state index < -0.39 is 31.4 Å². The number of anilines is 1. The number of H-pyrrole nitrogens is 1. The van der Waals surface area contributed by atoms with Gasteiger partial charge in [-0.2, -0.15) is 0 Å². The van der Waals surface area contributed by atoms with E-state index in [-0.39, 0.29) is 59.6 Å². The number of benzene rings is 3. The predicted octanol–water partition coefficient (Wildman–Crippen LogP) is 7.41. The van der Waals surface area contributed by atoms with E-state index in [2.05, 4.69) is 55.8 Å². The smallest absolute Gasteiger partial charge is 0.317 e. The number of hydrogen-bond donors (Lipinski definition) is 3. The Morgan fingerprint density at radius 1 is 1.01 bits per heavy atom. The minimum atomic E-state index is -4.69. The molecule has 9 rings (SSSR count). The number of morpholine rings is 1. The topological polar surface area (TPSA) is 202 Å². The number of sulfonamides is 1. The Morgan fingerprint density at radius 2 is 1.79 bits per heavy atom. The third-order valence-electron chi connectivity index (χ3n) is 13.0. The standard InChI is InChI=1S/C48H53ClN8O9S/c1-48(2)11-9-34(41(26-48)32-3-5-35(49)6-4-32)29-54-13-15-55(16-14-54)36-7-8-39(44(23-36)66-37-22-33-10-12-50-45(33)51-28-37)46(58)53-67(62,63)38-24-42(57(60)61)40-21-31(30-65-43(40)25-38)27-52-47(59)56-17-19-64-20-18-56/h3-8,10,12,22-25,28,31H,9,11,13-21,26-27,29-30H2,1-2H3,(H,50,51)(H,52,59)(H,53,58)/t31-/m0/s1. The molecule has 17 nitrogen and oxygen atoms in total. The predicted molar refractivity (Wildman–Crippen MR) is 253 cm³/mol. The van der Waals surface area contributed by atoms with Crippen LogP contribution in [0.3, 0.4) is 0 Å². The highest BCUT2D eigenvalue weighted by atomic mass is 35.5. The number of piperazine rings is 1. The molecule has 2 saturated heterocycles. The molecule has 352 valence electrons. The summed E-state index contributed by atoms with van der Waals surface area (Å²) in [7, 11) is -4.69. The number of nitro groups is 1. The van der Waals surface area contributed by atoms with Gasteiger partial charge >= 0.3 is 6.03 Å². The number of nitro benzene ring substituents is 1. The van der Waals surface area contributed by atoms with E-state index >= 15 is 0 Å². The van der Waals surface area contributed by atoms with Gasteiger partial charge in [-0.1, -0.05) is 43.2 Å². The second kappa shape index (κ2) is 19.2. The van der Waals surface area contributed by atoms with Gasteiger partial charge in [-0.25, -0.2) is 22.9 Å². The molecule has 0 unspecified atom stereocenters. The number of aromatic amines is 1. The Morgan fingerprint density at radius 3 is 2.55 bits per heavy atom. The van der Waals surface area contributed by atoms with Crippen molar-refractivity contribution < 1.29 is 37.1 Å². The van der Waals surface area contributed by atoms with Crippen LogP contribution in [-0.2, 0) is 21.2 Å². The lowest BCUT2D eigenvalue weighted by atomic mass is 9.72. The fourth-order valence-electron chi connectivity index (χ4n) is 9.27. The minimum absolute atomic E-state index is 0.0142. The first kappa shape index (κ1) is 45.9. The SMILES string of the molecule is CC1(C)CCC(CN2CCN(c3ccc(C(=O)NS(=O)(=O)c4cc5c(c([N+](=O)[O-])c4)C[C@@H](CNC(=O)N4CCOCC4)CO5)c(Oc4cnc5[nH]ccc5c4)c3)CC2)=C(c2ccc(Cl)cc2)C1. The number of nitrogens with one attached hydrogen (secondary N) is 3. The second-order valence-corrected chi connectivity index (χ2v) is 20.5. The molecule has 0 radical (unpaired) electrons. The second-order valence-electron chi connectivity index (χ2n) is 18.3. The third-order valence-corrected chi connectivity index (χ3v) is 14.6. The molecule has 2 aromatic heterocycles. The van der Waals surface area contributed by atoms with E-state index in [1.807, 2.05) is 18.2 Å². The summed E-state index contributed by atoms with van der Waals surface area (Å²) in [6.07, 6.45) is 6.58. The number of aromatic nitrogens is 2. The number of rotatable bonds is 12. The Kier molecular flexibility index (Phi) is 13.1. The van der Waals surface area contributed by atoms with E-state index in [4.69, 9.17) is 25.8 Å². The van der Waals surface area contributed by atoms with E-state index in [0.29, 0.717) is 50.8 Å². The number of ether oxygens (including phenoxy) is 3. The number of fused-ring (bicyclic) bond motifs is 2. The van der Waals surface area contributed by atoms with Crippen LogP contribution < -0.4 is 24.4 Å². The maximum atomic E-state index is 14.1. The number of pyridine rings is 1. The average molecular weight is 954 g/mol. The Labute approximate surface area is 393 Å². The fraction of sp³-hybridized carbons (Fsp3) is 0.396. The molecular formula is C48H53ClN8O9S. The highest BCUT2D eigenvalue weighted by Gasteiger charge is 2.34.